The van der Waals surface area contributed by atoms with Gasteiger partial charge in [-0.05, 0) is 52.9 Å². The summed E-state index contributed by atoms with van der Waals surface area (Å²) in [5, 5.41) is 12.3. The van der Waals surface area contributed by atoms with Crippen molar-refractivity contribution in [2.45, 2.75) is 37.0 Å². The Labute approximate surface area is 161 Å². The molecule has 8 heteroatoms. The van der Waals surface area contributed by atoms with Crippen molar-refractivity contribution in [3.05, 3.63) is 59.5 Å². The van der Waals surface area contributed by atoms with Crippen LogP contribution in [0.1, 0.15) is 35.8 Å². The number of benzene rings is 1. The van der Waals surface area contributed by atoms with E-state index in [9.17, 15) is 4.79 Å². The van der Waals surface area contributed by atoms with Gasteiger partial charge in [-0.1, -0.05) is 36.0 Å². The summed E-state index contributed by atoms with van der Waals surface area (Å²) in [5.41, 5.74) is 2.62. The lowest BCUT2D eigenvalue weighted by Crippen LogP contribution is -2.34. The van der Waals surface area contributed by atoms with E-state index in [4.69, 9.17) is 4.42 Å². The smallest absolute Gasteiger partial charge is 0.233 e. The second-order valence-corrected chi connectivity index (χ2v) is 7.54. The summed E-state index contributed by atoms with van der Waals surface area (Å²) in [6.45, 7) is 0.447. The van der Waals surface area contributed by atoms with Gasteiger partial charge in [-0.25, -0.2) is 4.68 Å². The van der Waals surface area contributed by atoms with Gasteiger partial charge < -0.3 is 9.32 Å². The fraction of sp³-hybridized carbons (Fsp3) is 0.368. The molecule has 1 unspecified atom stereocenters. The molecular weight excluding hydrogens is 362 g/mol. The van der Waals surface area contributed by atoms with Crippen LogP contribution in [0.25, 0.3) is 0 Å². The summed E-state index contributed by atoms with van der Waals surface area (Å²) < 4.78 is 6.98. The van der Waals surface area contributed by atoms with Crippen molar-refractivity contribution in [2.75, 3.05) is 12.8 Å². The van der Waals surface area contributed by atoms with Crippen molar-refractivity contribution in [1.82, 2.24) is 25.1 Å². The van der Waals surface area contributed by atoms with Crippen molar-refractivity contribution in [3.8, 4) is 0 Å². The minimum absolute atomic E-state index is 0.0780. The minimum atomic E-state index is 0.0780. The molecule has 3 aromatic rings. The van der Waals surface area contributed by atoms with Crippen LogP contribution in [-0.2, 0) is 17.8 Å². The number of furan rings is 1. The molecule has 0 fully saturated rings. The first-order chi connectivity index (χ1) is 13.2. The van der Waals surface area contributed by atoms with Crippen molar-refractivity contribution in [3.63, 3.8) is 0 Å². The van der Waals surface area contributed by atoms with E-state index in [0.29, 0.717) is 17.5 Å². The molecule has 1 aromatic carbocycles. The summed E-state index contributed by atoms with van der Waals surface area (Å²) in [5.74, 6) is 1.15. The Bertz CT molecular complexity index is 908. The molecule has 1 aliphatic carbocycles. The zero-order valence-corrected chi connectivity index (χ0v) is 15.9. The van der Waals surface area contributed by atoms with E-state index in [2.05, 4.69) is 33.7 Å². The maximum absolute atomic E-state index is 12.8. The van der Waals surface area contributed by atoms with Gasteiger partial charge in [0, 0.05) is 7.05 Å². The van der Waals surface area contributed by atoms with Crippen LogP contribution in [0.2, 0.25) is 0 Å². The van der Waals surface area contributed by atoms with Crippen molar-refractivity contribution >= 4 is 17.7 Å². The molecule has 27 heavy (non-hydrogen) atoms. The van der Waals surface area contributed by atoms with E-state index < -0.39 is 0 Å². The summed E-state index contributed by atoms with van der Waals surface area (Å²) in [6.07, 6.45) is 4.81. The highest BCUT2D eigenvalue weighted by Crippen LogP contribution is 2.33. The lowest BCUT2D eigenvalue weighted by Gasteiger charge is -2.33. The largest absolute Gasteiger partial charge is 0.467 e. The Balaban J connectivity index is 1.40. The predicted octanol–water partition coefficient (Wildman–Crippen LogP) is 2.94. The van der Waals surface area contributed by atoms with E-state index in [0.717, 1.165) is 25.0 Å². The Hall–Kier alpha value is -2.61. The summed E-state index contributed by atoms with van der Waals surface area (Å²) in [6, 6.07) is 12.3. The molecule has 1 aliphatic rings. The lowest BCUT2D eigenvalue weighted by atomic mass is 9.87. The molecule has 0 saturated carbocycles. The zero-order chi connectivity index (χ0) is 18.6. The van der Waals surface area contributed by atoms with Gasteiger partial charge in [0.2, 0.25) is 11.1 Å². The van der Waals surface area contributed by atoms with E-state index in [1.165, 1.54) is 22.9 Å². The molecule has 0 aliphatic heterocycles. The van der Waals surface area contributed by atoms with Gasteiger partial charge in [-0.15, -0.1) is 5.10 Å². The number of thioether (sulfide) groups is 1. The highest BCUT2D eigenvalue weighted by Gasteiger charge is 2.26. The molecule has 0 spiro atoms. The first-order valence-corrected chi connectivity index (χ1v) is 9.96. The number of aryl methyl sites for hydroxylation is 1. The van der Waals surface area contributed by atoms with Crippen molar-refractivity contribution in [2.24, 2.45) is 0 Å². The number of nitrogens with zero attached hydrogens (tertiary/aromatic N) is 5. The van der Waals surface area contributed by atoms with Crippen LogP contribution in [0.5, 0.6) is 0 Å². The third kappa shape index (κ3) is 3.90. The highest BCUT2D eigenvalue weighted by molar-refractivity contribution is 7.99. The maximum atomic E-state index is 12.8. The molecule has 0 radical (unpaired) electrons. The molecular formula is C19H21N5O2S. The molecule has 2 heterocycles. The lowest BCUT2D eigenvalue weighted by molar-refractivity contribution is -0.129. The van der Waals surface area contributed by atoms with E-state index >= 15 is 0 Å². The average Bonchev–Trinajstić information content (AvgIpc) is 3.37. The number of hydrogen-bond donors (Lipinski definition) is 0. The number of carbonyl (C=O) groups excluding carboxylic acids is 1. The maximum Gasteiger partial charge on any atom is 0.233 e. The quantitative estimate of drug-likeness (QED) is 0.609. The monoisotopic (exact) mass is 383 g/mol. The Morgan fingerprint density at radius 1 is 1.33 bits per heavy atom. The number of hydrogen-bond acceptors (Lipinski definition) is 6. The molecule has 7 nitrogen and oxygen atoms in total. The van der Waals surface area contributed by atoms with Crippen LogP contribution < -0.4 is 0 Å². The topological polar surface area (TPSA) is 77.1 Å². The Kier molecular flexibility index (Phi) is 5.24. The fourth-order valence-electron chi connectivity index (χ4n) is 3.48. The third-order valence-electron chi connectivity index (χ3n) is 4.91. The normalized spacial score (nSPS) is 16.1. The molecule has 140 valence electrons. The predicted molar refractivity (Wildman–Crippen MR) is 101 cm³/mol. The fourth-order valence-corrected chi connectivity index (χ4v) is 4.28. The van der Waals surface area contributed by atoms with Gasteiger partial charge in [-0.3, -0.25) is 4.79 Å². The minimum Gasteiger partial charge on any atom is -0.467 e. The molecule has 4 rings (SSSR count). The number of fused-ring (bicyclic) bond motifs is 1. The number of amides is 1. The second kappa shape index (κ2) is 7.96. The van der Waals surface area contributed by atoms with Crippen LogP contribution >= 0.6 is 11.8 Å². The SMILES string of the molecule is CN(C(=O)CSc1nnnn1Cc1ccco1)C1CCCc2ccccc21. The number of rotatable bonds is 6. The van der Waals surface area contributed by atoms with Crippen molar-refractivity contribution in [1.29, 1.82) is 0 Å². The van der Waals surface area contributed by atoms with Gasteiger partial charge in [0.25, 0.3) is 0 Å². The van der Waals surface area contributed by atoms with Crippen LogP contribution in [0.4, 0.5) is 0 Å². The van der Waals surface area contributed by atoms with Gasteiger partial charge in [0.15, 0.2) is 0 Å². The highest BCUT2D eigenvalue weighted by atomic mass is 32.2. The van der Waals surface area contributed by atoms with E-state index in [1.54, 1.807) is 10.9 Å². The van der Waals surface area contributed by atoms with Gasteiger partial charge in [0.1, 0.15) is 12.3 Å². The Morgan fingerprint density at radius 3 is 3.07 bits per heavy atom. The van der Waals surface area contributed by atoms with Gasteiger partial charge >= 0.3 is 0 Å². The van der Waals surface area contributed by atoms with Gasteiger partial charge in [0.05, 0.1) is 18.1 Å². The first kappa shape index (κ1) is 17.8. The Morgan fingerprint density at radius 2 is 2.22 bits per heavy atom. The van der Waals surface area contributed by atoms with Crippen LogP contribution in [0.3, 0.4) is 0 Å². The molecule has 0 N–H and O–H groups in total. The van der Waals surface area contributed by atoms with Crippen molar-refractivity contribution < 1.29 is 9.21 Å². The summed E-state index contributed by atoms with van der Waals surface area (Å²) >= 11 is 1.35. The average molecular weight is 383 g/mol. The zero-order valence-electron chi connectivity index (χ0n) is 15.1. The number of aromatic nitrogens is 4. The molecule has 1 atom stereocenters. The van der Waals surface area contributed by atoms with Gasteiger partial charge in [-0.2, -0.15) is 0 Å². The third-order valence-corrected chi connectivity index (χ3v) is 5.85. The van der Waals surface area contributed by atoms with E-state index in [-0.39, 0.29) is 11.9 Å². The van der Waals surface area contributed by atoms with E-state index in [1.807, 2.05) is 30.1 Å². The van der Waals surface area contributed by atoms with Crippen LogP contribution in [0.15, 0.2) is 52.2 Å². The van der Waals surface area contributed by atoms with Crippen LogP contribution in [0, 0.1) is 0 Å². The summed E-state index contributed by atoms with van der Waals surface area (Å²) in [4.78, 5) is 14.7. The molecule has 1 amide bonds. The molecule has 0 saturated heterocycles. The first-order valence-electron chi connectivity index (χ1n) is 8.97. The molecule has 2 aromatic heterocycles. The standard InChI is InChI=1S/C19H21N5O2S/c1-23(17-10-4-7-14-6-2-3-9-16(14)17)18(25)13-27-19-20-21-22-24(19)12-15-8-5-11-26-15/h2-3,5-6,8-9,11,17H,4,7,10,12-13H2,1H3. The second-order valence-electron chi connectivity index (χ2n) is 6.60. The van der Waals surface area contributed by atoms with Crippen LogP contribution in [-0.4, -0.2) is 43.8 Å². The number of carbonyl (C=O) groups is 1. The molecule has 0 bridgehead atoms. The summed E-state index contributed by atoms with van der Waals surface area (Å²) in [7, 11) is 1.89. The number of tetrazole rings is 1.